The van der Waals surface area contributed by atoms with E-state index >= 15 is 0 Å². The van der Waals surface area contributed by atoms with Gasteiger partial charge >= 0.3 is 6.18 Å². The maximum atomic E-state index is 12.6. The van der Waals surface area contributed by atoms with Gasteiger partial charge < -0.3 is 4.74 Å². The largest absolute Gasteiger partial charge is 0.492 e. The summed E-state index contributed by atoms with van der Waals surface area (Å²) in [6, 6.07) is 3.52. The van der Waals surface area contributed by atoms with Gasteiger partial charge in [-0.1, -0.05) is 0 Å². The minimum Gasteiger partial charge on any atom is -0.492 e. The molecule has 0 saturated carbocycles. The van der Waals surface area contributed by atoms with Crippen LogP contribution in [0.5, 0.6) is 5.75 Å². The highest BCUT2D eigenvalue weighted by Crippen LogP contribution is 2.26. The van der Waals surface area contributed by atoms with Gasteiger partial charge in [0.2, 0.25) is 0 Å². The van der Waals surface area contributed by atoms with Crippen molar-refractivity contribution in [1.82, 2.24) is 0 Å². The molecule has 0 spiro atoms. The Labute approximate surface area is 92.2 Å². The summed E-state index contributed by atoms with van der Waals surface area (Å²) in [5.74, 6) is -0.286. The molecule has 0 aliphatic carbocycles. The van der Waals surface area contributed by atoms with E-state index in [-0.39, 0.29) is 5.75 Å². The first kappa shape index (κ1) is 12.3. The lowest BCUT2D eigenvalue weighted by molar-refractivity contribution is -0.139. The molecule has 84 valence electrons. The summed E-state index contributed by atoms with van der Waals surface area (Å²) in [6.45, 7) is -0.478. The van der Waals surface area contributed by atoms with Crippen LogP contribution in [-0.4, -0.2) is 12.8 Å². The van der Waals surface area contributed by atoms with Gasteiger partial charge in [-0.2, -0.15) is 13.2 Å². The van der Waals surface area contributed by atoms with Gasteiger partial charge in [0.1, 0.15) is 11.6 Å². The monoisotopic (exact) mass is 286 g/mol. The minimum atomic E-state index is -4.24. The number of halogens is 5. The van der Waals surface area contributed by atoms with Crippen LogP contribution in [0.4, 0.5) is 17.6 Å². The van der Waals surface area contributed by atoms with Crippen molar-refractivity contribution >= 4 is 15.9 Å². The topological polar surface area (TPSA) is 9.23 Å². The van der Waals surface area contributed by atoms with Crippen molar-refractivity contribution in [3.05, 3.63) is 28.5 Å². The lowest BCUT2D eigenvalue weighted by atomic mass is 10.3. The van der Waals surface area contributed by atoms with Crippen molar-refractivity contribution in [2.24, 2.45) is 0 Å². The van der Waals surface area contributed by atoms with Crippen molar-refractivity contribution in [2.75, 3.05) is 6.61 Å². The summed E-state index contributed by atoms with van der Waals surface area (Å²) in [5, 5.41) is 0. The molecule has 0 saturated heterocycles. The van der Waals surface area contributed by atoms with E-state index < -0.39 is 25.0 Å². The summed E-state index contributed by atoms with van der Waals surface area (Å²) in [4.78, 5) is 0. The van der Waals surface area contributed by atoms with Crippen LogP contribution in [0, 0.1) is 5.82 Å². The van der Waals surface area contributed by atoms with Crippen LogP contribution in [0.15, 0.2) is 22.7 Å². The summed E-state index contributed by atoms with van der Waals surface area (Å²) >= 11 is 2.98. The molecule has 0 amide bonds. The normalized spacial score (nSPS) is 11.5. The van der Waals surface area contributed by atoms with Crippen LogP contribution in [0.2, 0.25) is 0 Å². The van der Waals surface area contributed by atoms with Crippen LogP contribution in [0.3, 0.4) is 0 Å². The van der Waals surface area contributed by atoms with Crippen LogP contribution in [0.1, 0.15) is 6.42 Å². The Bertz CT molecular complexity index is 337. The lowest BCUT2D eigenvalue weighted by Crippen LogP contribution is -2.13. The molecule has 0 aliphatic heterocycles. The highest BCUT2D eigenvalue weighted by Gasteiger charge is 2.26. The first-order valence-corrected chi connectivity index (χ1v) is 4.82. The number of hydrogen-bond acceptors (Lipinski definition) is 1. The molecule has 0 bridgehead atoms. The average Bonchev–Trinajstić information content (AvgIpc) is 2.07. The summed E-state index contributed by atoms with van der Waals surface area (Å²) < 4.78 is 53.0. The van der Waals surface area contributed by atoms with E-state index in [1.54, 1.807) is 0 Å². The molecule has 1 nitrogen and oxygen atoms in total. The average molecular weight is 287 g/mol. The number of hydrogen-bond donors (Lipinski definition) is 0. The number of alkyl halides is 3. The fourth-order valence-corrected chi connectivity index (χ4v) is 1.33. The van der Waals surface area contributed by atoms with Gasteiger partial charge in [0.25, 0.3) is 0 Å². The summed E-state index contributed by atoms with van der Waals surface area (Å²) in [6.07, 6.45) is -5.27. The molecule has 1 aromatic rings. The van der Waals surface area contributed by atoms with Crippen molar-refractivity contribution in [3.8, 4) is 5.75 Å². The van der Waals surface area contributed by atoms with Crippen molar-refractivity contribution in [1.29, 1.82) is 0 Å². The second kappa shape index (κ2) is 4.83. The predicted molar refractivity (Wildman–Crippen MR) is 50.3 cm³/mol. The van der Waals surface area contributed by atoms with E-state index in [4.69, 9.17) is 4.74 Å². The van der Waals surface area contributed by atoms with Gasteiger partial charge in [0.05, 0.1) is 17.5 Å². The molecule has 0 aromatic heterocycles. The zero-order chi connectivity index (χ0) is 11.5. The molecule has 0 radical (unpaired) electrons. The fraction of sp³-hybridized carbons (Fsp3) is 0.333. The first-order chi connectivity index (χ1) is 6.88. The van der Waals surface area contributed by atoms with E-state index in [9.17, 15) is 17.6 Å². The Balaban J connectivity index is 2.51. The summed E-state index contributed by atoms with van der Waals surface area (Å²) in [7, 11) is 0. The second-order valence-corrected chi connectivity index (χ2v) is 3.64. The molecule has 1 aromatic carbocycles. The molecule has 1 rings (SSSR count). The molecule has 0 fully saturated rings. The number of benzene rings is 1. The quantitative estimate of drug-likeness (QED) is 0.766. The van der Waals surface area contributed by atoms with E-state index in [1.807, 2.05) is 0 Å². The smallest absolute Gasteiger partial charge is 0.392 e. The Morgan fingerprint density at radius 2 is 1.93 bits per heavy atom. The first-order valence-electron chi connectivity index (χ1n) is 4.03. The molecule has 0 N–H and O–H groups in total. The maximum absolute atomic E-state index is 12.6. The number of rotatable bonds is 3. The lowest BCUT2D eigenvalue weighted by Gasteiger charge is -2.09. The predicted octanol–water partition coefficient (Wildman–Crippen LogP) is 3.92. The van der Waals surface area contributed by atoms with Crippen molar-refractivity contribution < 1.29 is 22.3 Å². The number of ether oxygens (including phenoxy) is 1. The third kappa shape index (κ3) is 4.51. The van der Waals surface area contributed by atoms with E-state index in [0.717, 1.165) is 12.1 Å². The summed E-state index contributed by atoms with van der Waals surface area (Å²) in [5.41, 5.74) is 0. The van der Waals surface area contributed by atoms with Crippen LogP contribution >= 0.6 is 15.9 Å². The van der Waals surface area contributed by atoms with Gasteiger partial charge in [-0.25, -0.2) is 4.39 Å². The molecular weight excluding hydrogens is 280 g/mol. The van der Waals surface area contributed by atoms with Crippen LogP contribution in [-0.2, 0) is 0 Å². The molecule has 0 heterocycles. The van der Waals surface area contributed by atoms with Gasteiger partial charge in [0.15, 0.2) is 0 Å². The highest BCUT2D eigenvalue weighted by molar-refractivity contribution is 9.10. The maximum Gasteiger partial charge on any atom is 0.392 e. The van der Waals surface area contributed by atoms with Gasteiger partial charge in [-0.05, 0) is 34.1 Å². The third-order valence-corrected chi connectivity index (χ3v) is 2.16. The van der Waals surface area contributed by atoms with E-state index in [0.29, 0.717) is 4.47 Å². The fourth-order valence-electron chi connectivity index (χ4n) is 0.869. The molecule has 0 unspecified atom stereocenters. The SMILES string of the molecule is Fc1ccc(OCCC(F)(F)F)c(Br)c1. The molecular formula is C9H7BrF4O. The molecule has 15 heavy (non-hydrogen) atoms. The van der Waals surface area contributed by atoms with Crippen LogP contribution < -0.4 is 4.74 Å². The zero-order valence-electron chi connectivity index (χ0n) is 7.44. The highest BCUT2D eigenvalue weighted by atomic mass is 79.9. The van der Waals surface area contributed by atoms with Crippen LogP contribution in [0.25, 0.3) is 0 Å². The van der Waals surface area contributed by atoms with Gasteiger partial charge in [-0.15, -0.1) is 0 Å². The zero-order valence-corrected chi connectivity index (χ0v) is 9.03. The molecule has 0 aliphatic rings. The minimum absolute atomic E-state index is 0.195. The van der Waals surface area contributed by atoms with E-state index in [2.05, 4.69) is 15.9 Å². The standard InChI is InChI=1S/C9H7BrF4O/c10-7-5-6(11)1-2-8(7)15-4-3-9(12,13)14/h1-2,5H,3-4H2. The third-order valence-electron chi connectivity index (χ3n) is 1.54. The Hall–Kier alpha value is -0.780. The van der Waals surface area contributed by atoms with Gasteiger partial charge in [0, 0.05) is 0 Å². The van der Waals surface area contributed by atoms with E-state index in [1.165, 1.54) is 6.07 Å². The van der Waals surface area contributed by atoms with Crippen molar-refractivity contribution in [3.63, 3.8) is 0 Å². The second-order valence-electron chi connectivity index (χ2n) is 2.79. The van der Waals surface area contributed by atoms with Gasteiger partial charge in [-0.3, -0.25) is 0 Å². The Morgan fingerprint density at radius 1 is 1.27 bits per heavy atom. The molecule has 6 heteroatoms. The Kier molecular flexibility index (Phi) is 3.96. The van der Waals surface area contributed by atoms with Crippen molar-refractivity contribution in [2.45, 2.75) is 12.6 Å². The molecule has 0 atom stereocenters. The Morgan fingerprint density at radius 3 is 2.47 bits per heavy atom.